The Morgan fingerprint density at radius 1 is 1.28 bits per heavy atom. The van der Waals surface area contributed by atoms with E-state index in [1.54, 1.807) is 0 Å². The number of aromatic nitrogens is 1. The Morgan fingerprint density at radius 2 is 2.06 bits per heavy atom. The highest BCUT2D eigenvalue weighted by Gasteiger charge is 2.40. The number of fused-ring (bicyclic) bond motifs is 1. The summed E-state index contributed by atoms with van der Waals surface area (Å²) >= 11 is 7.84. The first-order chi connectivity index (χ1) is 15.2. The van der Waals surface area contributed by atoms with Crippen LogP contribution in [-0.2, 0) is 30.9 Å². The summed E-state index contributed by atoms with van der Waals surface area (Å²) in [5, 5.41) is 0. The summed E-state index contributed by atoms with van der Waals surface area (Å²) in [5.41, 5.74) is 0.512. The maximum absolute atomic E-state index is 13.7. The van der Waals surface area contributed by atoms with Crippen LogP contribution in [0.25, 0.3) is 10.2 Å². The Labute approximate surface area is 195 Å². The fourth-order valence-electron chi connectivity index (χ4n) is 3.47. The molecule has 0 spiro atoms. The fourth-order valence-corrected chi connectivity index (χ4v) is 7.80. The zero-order chi connectivity index (χ0) is 23.0. The number of benzene rings is 1. The van der Waals surface area contributed by atoms with E-state index in [2.05, 4.69) is 4.99 Å². The van der Waals surface area contributed by atoms with Crippen LogP contribution >= 0.6 is 34.3 Å². The van der Waals surface area contributed by atoms with E-state index in [4.69, 9.17) is 16.3 Å². The van der Waals surface area contributed by atoms with Crippen LogP contribution in [0.5, 0.6) is 0 Å². The molecule has 1 fully saturated rings. The third-order valence-corrected chi connectivity index (χ3v) is 9.61. The van der Waals surface area contributed by atoms with Crippen molar-refractivity contribution < 1.29 is 27.1 Å². The number of methoxy groups -OCH3 is 1. The molecule has 8 nitrogen and oxygen atoms in total. The van der Waals surface area contributed by atoms with E-state index in [-0.39, 0.29) is 22.1 Å². The Bertz CT molecular complexity index is 1380. The first-order valence-electron chi connectivity index (χ1n) is 9.42. The van der Waals surface area contributed by atoms with Crippen LogP contribution in [0, 0.1) is 5.82 Å². The number of halogens is 2. The molecular weight excluding hydrogens is 501 g/mol. The lowest BCUT2D eigenvalue weighted by Crippen LogP contribution is -2.40. The van der Waals surface area contributed by atoms with Gasteiger partial charge in [-0.05, 0) is 43.2 Å². The van der Waals surface area contributed by atoms with Crippen molar-refractivity contribution in [3.05, 3.63) is 45.3 Å². The maximum Gasteiger partial charge on any atom is 0.325 e. The van der Waals surface area contributed by atoms with Crippen molar-refractivity contribution in [2.24, 2.45) is 4.99 Å². The van der Waals surface area contributed by atoms with E-state index >= 15 is 0 Å². The van der Waals surface area contributed by atoms with Crippen LogP contribution in [0.3, 0.4) is 0 Å². The SMILES string of the molecule is COC(=O)Cn1c(=NC(=O)C2CCCN2S(=O)(=O)c2ccc(Cl)s2)sc2cc(F)ccc21. The molecule has 13 heteroatoms. The molecule has 1 unspecified atom stereocenters. The van der Waals surface area contributed by atoms with Crippen molar-refractivity contribution in [3.63, 3.8) is 0 Å². The lowest BCUT2D eigenvalue weighted by molar-refractivity contribution is -0.141. The molecule has 1 saturated heterocycles. The highest BCUT2D eigenvalue weighted by atomic mass is 35.5. The van der Waals surface area contributed by atoms with Crippen molar-refractivity contribution in [1.29, 1.82) is 0 Å². The Balaban J connectivity index is 1.74. The molecule has 1 amide bonds. The van der Waals surface area contributed by atoms with Gasteiger partial charge in [-0.1, -0.05) is 22.9 Å². The lowest BCUT2D eigenvalue weighted by Gasteiger charge is -2.20. The Hall–Kier alpha value is -2.12. The first kappa shape index (κ1) is 23.1. The van der Waals surface area contributed by atoms with E-state index in [9.17, 15) is 22.4 Å². The average Bonchev–Trinajstić information content (AvgIpc) is 3.47. The molecule has 0 aliphatic carbocycles. The number of nitrogens with zero attached hydrogens (tertiary/aromatic N) is 3. The molecule has 170 valence electrons. The monoisotopic (exact) mass is 517 g/mol. The minimum Gasteiger partial charge on any atom is -0.468 e. The largest absolute Gasteiger partial charge is 0.468 e. The summed E-state index contributed by atoms with van der Waals surface area (Å²) in [6, 6.07) is 5.93. The number of esters is 1. The summed E-state index contributed by atoms with van der Waals surface area (Å²) in [5.74, 6) is -1.69. The van der Waals surface area contributed by atoms with Gasteiger partial charge in [0.25, 0.3) is 15.9 Å². The number of rotatable bonds is 5. The highest BCUT2D eigenvalue weighted by molar-refractivity contribution is 7.91. The second-order valence-electron chi connectivity index (χ2n) is 6.94. The molecular formula is C19H17ClFN3O5S3. The number of hydrogen-bond donors (Lipinski definition) is 0. The molecule has 3 heterocycles. The fraction of sp³-hybridized carbons (Fsp3) is 0.316. The smallest absolute Gasteiger partial charge is 0.325 e. The van der Waals surface area contributed by atoms with Crippen LogP contribution in [-0.4, -0.2) is 48.9 Å². The Morgan fingerprint density at radius 3 is 2.75 bits per heavy atom. The van der Waals surface area contributed by atoms with Crippen molar-refractivity contribution in [2.45, 2.75) is 29.6 Å². The van der Waals surface area contributed by atoms with Crippen molar-refractivity contribution in [1.82, 2.24) is 8.87 Å². The van der Waals surface area contributed by atoms with E-state index in [0.717, 1.165) is 27.0 Å². The number of ether oxygens (including phenoxy) is 1. The highest BCUT2D eigenvalue weighted by Crippen LogP contribution is 2.32. The van der Waals surface area contributed by atoms with Gasteiger partial charge < -0.3 is 9.30 Å². The number of thiophene rings is 1. The molecule has 0 N–H and O–H groups in total. The third-order valence-electron chi connectivity index (χ3n) is 4.97. The van der Waals surface area contributed by atoms with Crippen molar-refractivity contribution >= 4 is 66.4 Å². The predicted molar refractivity (Wildman–Crippen MR) is 119 cm³/mol. The van der Waals surface area contributed by atoms with Crippen molar-refractivity contribution in [2.75, 3.05) is 13.7 Å². The number of hydrogen-bond acceptors (Lipinski definition) is 7. The average molecular weight is 518 g/mol. The van der Waals surface area contributed by atoms with Gasteiger partial charge in [-0.2, -0.15) is 9.30 Å². The topological polar surface area (TPSA) is 98.0 Å². The van der Waals surface area contributed by atoms with Gasteiger partial charge in [-0.25, -0.2) is 12.8 Å². The molecule has 1 atom stereocenters. The number of amides is 1. The van der Waals surface area contributed by atoms with Gasteiger partial charge >= 0.3 is 5.97 Å². The Kier molecular flexibility index (Phi) is 6.50. The van der Waals surface area contributed by atoms with E-state index in [0.29, 0.717) is 27.4 Å². The zero-order valence-corrected chi connectivity index (χ0v) is 19.9. The number of carbonyl (C=O) groups is 2. The number of sulfonamides is 1. The van der Waals surface area contributed by atoms with E-state index in [1.807, 2.05) is 0 Å². The first-order valence-corrected chi connectivity index (χ1v) is 12.9. The zero-order valence-electron chi connectivity index (χ0n) is 16.7. The summed E-state index contributed by atoms with van der Waals surface area (Å²) in [7, 11) is -2.67. The second-order valence-corrected chi connectivity index (χ2v) is 11.8. The second kappa shape index (κ2) is 9.02. The summed E-state index contributed by atoms with van der Waals surface area (Å²) in [4.78, 5) is 29.3. The van der Waals surface area contributed by atoms with Gasteiger partial charge in [0.05, 0.1) is 21.7 Å². The van der Waals surface area contributed by atoms with E-state index < -0.39 is 33.8 Å². The van der Waals surface area contributed by atoms with Crippen LogP contribution in [0.15, 0.2) is 39.5 Å². The molecule has 0 bridgehead atoms. The minimum absolute atomic E-state index is 0.0558. The van der Waals surface area contributed by atoms with Crippen LogP contribution in [0.2, 0.25) is 4.34 Å². The van der Waals surface area contributed by atoms with Gasteiger partial charge in [-0.3, -0.25) is 9.59 Å². The van der Waals surface area contributed by atoms with Crippen molar-refractivity contribution in [3.8, 4) is 0 Å². The molecule has 0 radical (unpaired) electrons. The van der Waals surface area contributed by atoms with Gasteiger partial charge in [0.2, 0.25) is 0 Å². The molecule has 32 heavy (non-hydrogen) atoms. The summed E-state index contributed by atoms with van der Waals surface area (Å²) in [6.07, 6.45) is 0.821. The molecule has 1 aliphatic rings. The third kappa shape index (κ3) is 4.37. The number of thiazole rings is 1. The van der Waals surface area contributed by atoms with Crippen LogP contribution in [0.1, 0.15) is 12.8 Å². The molecule has 2 aromatic heterocycles. The molecule has 1 aromatic carbocycles. The lowest BCUT2D eigenvalue weighted by atomic mass is 10.2. The van der Waals surface area contributed by atoms with Gasteiger partial charge in [-0.15, -0.1) is 11.3 Å². The normalized spacial score (nSPS) is 17.8. The number of carbonyl (C=O) groups excluding carboxylic acids is 2. The maximum atomic E-state index is 13.7. The minimum atomic E-state index is -3.91. The molecule has 1 aliphatic heterocycles. The predicted octanol–water partition coefficient (Wildman–Crippen LogP) is 3.01. The standard InChI is InChI=1S/C19H17ClFN3O5S3/c1-29-16(25)10-23-12-5-4-11(21)9-14(12)30-19(23)22-18(26)13-3-2-8-24(13)32(27,28)17-7-6-15(20)31-17/h4-7,9,13H,2-3,8,10H2,1H3. The summed E-state index contributed by atoms with van der Waals surface area (Å²) < 4.78 is 47.9. The van der Waals surface area contributed by atoms with Gasteiger partial charge in [0.15, 0.2) is 4.80 Å². The van der Waals surface area contributed by atoms with Gasteiger partial charge in [0, 0.05) is 6.54 Å². The molecule has 0 saturated carbocycles. The van der Waals surface area contributed by atoms with Crippen LogP contribution < -0.4 is 4.80 Å². The van der Waals surface area contributed by atoms with Gasteiger partial charge in [0.1, 0.15) is 22.6 Å². The molecule has 3 aromatic rings. The molecule has 4 rings (SSSR count). The van der Waals surface area contributed by atoms with E-state index in [1.165, 1.54) is 42.0 Å². The summed E-state index contributed by atoms with van der Waals surface area (Å²) in [6.45, 7) is -0.0435. The van der Waals surface area contributed by atoms with Crippen LogP contribution in [0.4, 0.5) is 4.39 Å². The quantitative estimate of drug-likeness (QED) is 0.484.